The Balaban J connectivity index is 1.53. The molecular weight excluding hydrogens is 451 g/mol. The van der Waals surface area contributed by atoms with Gasteiger partial charge < -0.3 is 14.5 Å². The summed E-state index contributed by atoms with van der Waals surface area (Å²) in [4.78, 5) is 24.7. The first-order chi connectivity index (χ1) is 13.1. The van der Waals surface area contributed by atoms with E-state index < -0.39 is 5.60 Å². The normalized spacial score (nSPS) is 18.6. The summed E-state index contributed by atoms with van der Waals surface area (Å²) in [5.74, 6) is 0.266. The monoisotopic (exact) mass is 470 g/mol. The molecule has 2 aliphatic heterocycles. The molecule has 2 aromatic rings. The lowest BCUT2D eigenvalue weighted by Crippen LogP contribution is -2.60. The summed E-state index contributed by atoms with van der Waals surface area (Å²) in [5, 5.41) is 0.761. The molecule has 4 rings (SSSR count). The molecule has 2 aliphatic rings. The zero-order chi connectivity index (χ0) is 20.3. The predicted octanol–water partition coefficient (Wildman–Crippen LogP) is 4.63. The highest BCUT2D eigenvalue weighted by molar-refractivity contribution is 9.10. The van der Waals surface area contributed by atoms with Gasteiger partial charge >= 0.3 is 6.09 Å². The number of rotatable bonds is 1. The van der Waals surface area contributed by atoms with Gasteiger partial charge in [0.05, 0.1) is 9.99 Å². The number of fused-ring (bicyclic) bond motifs is 1. The van der Waals surface area contributed by atoms with Crippen LogP contribution < -0.4 is 4.90 Å². The second kappa shape index (κ2) is 6.69. The lowest BCUT2D eigenvalue weighted by Gasteiger charge is -2.47. The molecule has 0 atom stereocenters. The smallest absolute Gasteiger partial charge is 0.410 e. The highest BCUT2D eigenvalue weighted by Gasteiger charge is 2.50. The minimum Gasteiger partial charge on any atom is -0.444 e. The van der Waals surface area contributed by atoms with E-state index >= 15 is 0 Å². The van der Waals surface area contributed by atoms with E-state index in [0.717, 1.165) is 19.5 Å². The second-order valence-electron chi connectivity index (χ2n) is 8.61. The molecule has 28 heavy (non-hydrogen) atoms. The molecule has 0 N–H and O–H groups in total. The van der Waals surface area contributed by atoms with Crippen molar-refractivity contribution >= 4 is 50.3 Å². The Morgan fingerprint density at radius 1 is 1.29 bits per heavy atom. The third kappa shape index (κ3) is 3.64. The quantitative estimate of drug-likeness (QED) is 0.568. The fourth-order valence-electron chi connectivity index (χ4n) is 3.91. The van der Waals surface area contributed by atoms with Gasteiger partial charge in [-0.1, -0.05) is 0 Å². The molecule has 1 aromatic carbocycles. The molecule has 0 aliphatic carbocycles. The van der Waals surface area contributed by atoms with Gasteiger partial charge in [-0.05, 0) is 66.9 Å². The van der Waals surface area contributed by atoms with Gasteiger partial charge in [-0.2, -0.15) is 4.98 Å². The first-order valence-electron chi connectivity index (χ1n) is 9.10. The van der Waals surface area contributed by atoms with Crippen molar-refractivity contribution in [1.82, 2.24) is 14.9 Å². The number of likely N-dealkylation sites (tertiary alicyclic amines) is 1. The number of carbonyl (C=O) groups excluding carboxylic acids is 1. The van der Waals surface area contributed by atoms with Crippen molar-refractivity contribution in [1.29, 1.82) is 0 Å². The first-order valence-corrected chi connectivity index (χ1v) is 10.3. The molecule has 0 saturated carbocycles. The van der Waals surface area contributed by atoms with Gasteiger partial charge in [0.25, 0.3) is 0 Å². The number of anilines is 1. The fourth-order valence-corrected chi connectivity index (χ4v) is 4.42. The highest BCUT2D eigenvalue weighted by atomic mass is 79.9. The molecule has 3 heterocycles. The minimum absolute atomic E-state index is 0.00849. The second-order valence-corrected chi connectivity index (χ2v) is 9.80. The number of ether oxygens (including phenoxy) is 1. The number of halogens is 3. The Bertz CT molecular complexity index is 959. The summed E-state index contributed by atoms with van der Waals surface area (Å²) in [5.41, 5.74) is 0.0960. The largest absolute Gasteiger partial charge is 0.444 e. The van der Waals surface area contributed by atoms with Crippen LogP contribution in [0.25, 0.3) is 10.9 Å². The first kappa shape index (κ1) is 19.6. The van der Waals surface area contributed by atoms with Crippen LogP contribution in [0.4, 0.5) is 15.0 Å². The molecule has 1 spiro atoms. The molecule has 2 fully saturated rings. The van der Waals surface area contributed by atoms with Crippen LogP contribution in [0.1, 0.15) is 27.2 Å². The molecule has 150 valence electrons. The van der Waals surface area contributed by atoms with Crippen LogP contribution in [0.15, 0.2) is 16.6 Å². The van der Waals surface area contributed by atoms with E-state index in [2.05, 4.69) is 30.8 Å². The van der Waals surface area contributed by atoms with Gasteiger partial charge in [-0.15, -0.1) is 0 Å². The highest BCUT2D eigenvalue weighted by Crippen LogP contribution is 2.43. The zero-order valence-corrected chi connectivity index (χ0v) is 18.3. The maximum Gasteiger partial charge on any atom is 0.410 e. The summed E-state index contributed by atoms with van der Waals surface area (Å²) in [6.45, 7) is 8.37. The van der Waals surface area contributed by atoms with E-state index in [9.17, 15) is 9.18 Å². The van der Waals surface area contributed by atoms with Crippen LogP contribution in [0.2, 0.25) is 5.28 Å². The average Bonchev–Trinajstić information content (AvgIpc) is 2.98. The number of nitrogens with zero attached hydrogens (tertiary/aromatic N) is 4. The summed E-state index contributed by atoms with van der Waals surface area (Å²) < 4.78 is 19.9. The van der Waals surface area contributed by atoms with Crippen LogP contribution >= 0.6 is 27.5 Å². The summed E-state index contributed by atoms with van der Waals surface area (Å²) in [7, 11) is 0. The Morgan fingerprint density at radius 2 is 2.00 bits per heavy atom. The molecule has 9 heteroatoms. The minimum atomic E-state index is -0.503. The number of amides is 1. The van der Waals surface area contributed by atoms with Gasteiger partial charge in [-0.25, -0.2) is 14.2 Å². The van der Waals surface area contributed by atoms with Crippen LogP contribution in [0.3, 0.4) is 0 Å². The van der Waals surface area contributed by atoms with E-state index in [-0.39, 0.29) is 22.6 Å². The van der Waals surface area contributed by atoms with Gasteiger partial charge in [-0.3, -0.25) is 0 Å². The van der Waals surface area contributed by atoms with E-state index in [1.807, 2.05) is 20.8 Å². The van der Waals surface area contributed by atoms with E-state index in [4.69, 9.17) is 16.3 Å². The van der Waals surface area contributed by atoms with Crippen LogP contribution in [0, 0.1) is 11.2 Å². The Hall–Kier alpha value is -1.67. The van der Waals surface area contributed by atoms with Gasteiger partial charge in [0.2, 0.25) is 5.28 Å². The lowest BCUT2D eigenvalue weighted by molar-refractivity contribution is -0.0266. The zero-order valence-electron chi connectivity index (χ0n) is 15.9. The Labute approximate surface area is 176 Å². The summed E-state index contributed by atoms with van der Waals surface area (Å²) in [6, 6.07) is 3.05. The number of aromatic nitrogens is 2. The van der Waals surface area contributed by atoms with Crippen LogP contribution in [0.5, 0.6) is 0 Å². The van der Waals surface area contributed by atoms with Gasteiger partial charge in [0, 0.05) is 37.0 Å². The molecule has 0 radical (unpaired) electrons. The van der Waals surface area contributed by atoms with E-state index in [0.29, 0.717) is 34.3 Å². The molecule has 6 nitrogen and oxygen atoms in total. The molecule has 1 aromatic heterocycles. The third-order valence-corrected chi connectivity index (χ3v) is 5.91. The SMILES string of the molecule is CC(C)(C)OC(=O)N1CC2(CCN(c3nc(Cl)nc4cc(Br)c(F)cc34)C2)C1. The third-order valence-electron chi connectivity index (χ3n) is 5.13. The average molecular weight is 472 g/mol. The van der Waals surface area contributed by atoms with Crippen molar-refractivity contribution in [2.75, 3.05) is 31.1 Å². The molecule has 1 amide bonds. The van der Waals surface area contributed by atoms with Crippen molar-refractivity contribution in [2.24, 2.45) is 5.41 Å². The molecule has 2 saturated heterocycles. The summed E-state index contributed by atoms with van der Waals surface area (Å²) >= 11 is 9.30. The molecule has 0 unspecified atom stereocenters. The topological polar surface area (TPSA) is 58.6 Å². The Kier molecular flexibility index (Phi) is 4.69. The number of hydrogen-bond donors (Lipinski definition) is 0. The summed E-state index contributed by atoms with van der Waals surface area (Å²) in [6.07, 6.45) is 0.646. The van der Waals surface area contributed by atoms with Crippen molar-refractivity contribution < 1.29 is 13.9 Å². The lowest BCUT2D eigenvalue weighted by atomic mass is 9.79. The van der Waals surface area contributed by atoms with E-state index in [1.165, 1.54) is 6.07 Å². The van der Waals surface area contributed by atoms with Crippen molar-refractivity contribution in [3.05, 3.63) is 27.7 Å². The number of carbonyl (C=O) groups is 1. The fraction of sp³-hybridized carbons (Fsp3) is 0.526. The van der Waals surface area contributed by atoms with Crippen LogP contribution in [-0.2, 0) is 4.74 Å². The molecule has 0 bridgehead atoms. The van der Waals surface area contributed by atoms with Crippen LogP contribution in [-0.4, -0.2) is 52.7 Å². The standard InChI is InChI=1S/C19H21BrClFN4O2/c1-18(2,3)28-17(27)26-9-19(10-26)4-5-25(8-19)15-11-6-13(22)12(20)7-14(11)23-16(21)24-15/h6-7H,4-5,8-10H2,1-3H3. The maximum absolute atomic E-state index is 14.1. The van der Waals surface area contributed by atoms with Gasteiger partial charge in [0.1, 0.15) is 17.2 Å². The van der Waals surface area contributed by atoms with E-state index in [1.54, 1.807) is 11.0 Å². The Morgan fingerprint density at radius 3 is 2.68 bits per heavy atom. The number of benzene rings is 1. The van der Waals surface area contributed by atoms with Crippen molar-refractivity contribution in [3.63, 3.8) is 0 Å². The number of hydrogen-bond acceptors (Lipinski definition) is 5. The van der Waals surface area contributed by atoms with Crippen molar-refractivity contribution in [3.8, 4) is 0 Å². The van der Waals surface area contributed by atoms with Crippen molar-refractivity contribution in [2.45, 2.75) is 32.8 Å². The van der Waals surface area contributed by atoms with Gasteiger partial charge in [0.15, 0.2) is 0 Å². The molecular formula is C19H21BrClFN4O2. The maximum atomic E-state index is 14.1. The predicted molar refractivity (Wildman–Crippen MR) is 109 cm³/mol.